The van der Waals surface area contributed by atoms with Crippen LogP contribution in [0.25, 0.3) is 11.5 Å². The summed E-state index contributed by atoms with van der Waals surface area (Å²) in [5, 5.41) is 9.37. The number of carbonyl (C=O) groups excluding carboxylic acids is 1. The third kappa shape index (κ3) is 2.34. The summed E-state index contributed by atoms with van der Waals surface area (Å²) in [6, 6.07) is 1.14. The number of imidazole rings is 1. The molecule has 2 rings (SSSR count). The first-order valence-electron chi connectivity index (χ1n) is 5.17. The van der Waals surface area contributed by atoms with Crippen molar-refractivity contribution in [1.82, 2.24) is 19.7 Å². The number of H-pyrrole nitrogens is 1. The molecule has 90 valence electrons. The Labute approximate surface area is 98.0 Å². The van der Waals surface area contributed by atoms with Crippen LogP contribution in [0.2, 0.25) is 0 Å². The first-order valence-corrected chi connectivity index (χ1v) is 5.17. The lowest BCUT2D eigenvalue weighted by molar-refractivity contribution is -0.117. The van der Waals surface area contributed by atoms with Crippen LogP contribution in [0, 0.1) is 0 Å². The number of anilines is 1. The number of carbonyl (C=O) groups is 1. The summed E-state index contributed by atoms with van der Waals surface area (Å²) in [5.41, 5.74) is 6.18. The largest absolute Gasteiger partial charge is 0.333 e. The van der Waals surface area contributed by atoms with Crippen LogP contribution in [-0.4, -0.2) is 31.7 Å². The van der Waals surface area contributed by atoms with E-state index in [9.17, 15) is 4.79 Å². The smallest absolute Gasteiger partial charge is 0.242 e. The molecule has 0 saturated heterocycles. The minimum absolute atomic E-state index is 0.275. The maximum Gasteiger partial charge on any atom is 0.242 e. The Balaban J connectivity index is 2.17. The van der Waals surface area contributed by atoms with Crippen LogP contribution >= 0.6 is 0 Å². The molecule has 0 aliphatic rings. The lowest BCUT2D eigenvalue weighted by Gasteiger charge is -2.03. The van der Waals surface area contributed by atoms with Crippen LogP contribution in [0.5, 0.6) is 0 Å². The number of nitrogens with one attached hydrogen (secondary N) is 2. The minimum atomic E-state index is -0.566. The fourth-order valence-corrected chi connectivity index (χ4v) is 1.37. The van der Waals surface area contributed by atoms with Crippen molar-refractivity contribution in [3.63, 3.8) is 0 Å². The molecule has 2 aromatic heterocycles. The molecule has 2 aromatic rings. The molecule has 0 aromatic carbocycles. The van der Waals surface area contributed by atoms with Gasteiger partial charge in [0.2, 0.25) is 5.91 Å². The van der Waals surface area contributed by atoms with Gasteiger partial charge in [-0.15, -0.1) is 0 Å². The van der Waals surface area contributed by atoms with E-state index in [0.717, 1.165) is 11.5 Å². The van der Waals surface area contributed by atoms with Crippen molar-refractivity contribution in [2.24, 2.45) is 12.8 Å². The maximum atomic E-state index is 11.4. The molecule has 0 radical (unpaired) electrons. The van der Waals surface area contributed by atoms with E-state index in [-0.39, 0.29) is 5.91 Å². The van der Waals surface area contributed by atoms with Crippen molar-refractivity contribution in [2.45, 2.75) is 13.0 Å². The monoisotopic (exact) mass is 234 g/mol. The molecule has 4 N–H and O–H groups in total. The molecule has 0 fully saturated rings. The standard InChI is InChI=1S/C10H14N6O/c1-6(11)10(17)13-8-5-7(14-15-8)9-12-3-4-16(9)2/h3-6H,11H2,1-2H3,(H2,13,14,15,17). The van der Waals surface area contributed by atoms with Crippen molar-refractivity contribution in [1.29, 1.82) is 0 Å². The van der Waals surface area contributed by atoms with Crippen molar-refractivity contribution < 1.29 is 4.79 Å². The third-order valence-corrected chi connectivity index (χ3v) is 2.30. The van der Waals surface area contributed by atoms with Crippen molar-refractivity contribution in [3.8, 4) is 11.5 Å². The second-order valence-electron chi connectivity index (χ2n) is 3.81. The number of rotatable bonds is 3. The molecule has 0 bridgehead atoms. The van der Waals surface area contributed by atoms with Gasteiger partial charge in [0, 0.05) is 25.5 Å². The first kappa shape index (κ1) is 11.3. The van der Waals surface area contributed by atoms with Gasteiger partial charge in [0.1, 0.15) is 5.69 Å². The molecule has 1 atom stereocenters. The predicted octanol–water partition coefficient (Wildman–Crippen LogP) is 0.0959. The fourth-order valence-electron chi connectivity index (χ4n) is 1.37. The normalized spacial score (nSPS) is 12.4. The van der Waals surface area contributed by atoms with Crippen molar-refractivity contribution >= 4 is 11.7 Å². The molecule has 2 heterocycles. The number of aryl methyl sites for hydroxylation is 1. The summed E-state index contributed by atoms with van der Waals surface area (Å²) >= 11 is 0. The quantitative estimate of drug-likeness (QED) is 0.700. The highest BCUT2D eigenvalue weighted by molar-refractivity contribution is 5.93. The van der Waals surface area contributed by atoms with Gasteiger partial charge in [-0.25, -0.2) is 4.98 Å². The van der Waals surface area contributed by atoms with Gasteiger partial charge in [-0.3, -0.25) is 9.89 Å². The summed E-state index contributed by atoms with van der Waals surface area (Å²) in [5.74, 6) is 0.909. The third-order valence-electron chi connectivity index (χ3n) is 2.30. The molecule has 0 aliphatic carbocycles. The van der Waals surface area contributed by atoms with Crippen LogP contribution in [0.15, 0.2) is 18.5 Å². The number of aromatic nitrogens is 4. The number of amides is 1. The first-order chi connectivity index (χ1) is 8.08. The molecule has 0 aliphatic heterocycles. The van der Waals surface area contributed by atoms with E-state index in [1.807, 2.05) is 17.8 Å². The number of nitrogens with zero attached hydrogens (tertiary/aromatic N) is 3. The molecule has 7 nitrogen and oxygen atoms in total. The summed E-state index contributed by atoms with van der Waals surface area (Å²) in [7, 11) is 1.88. The number of hydrogen-bond acceptors (Lipinski definition) is 4. The average Bonchev–Trinajstić information content (AvgIpc) is 2.86. The molecule has 7 heteroatoms. The van der Waals surface area contributed by atoms with Gasteiger partial charge < -0.3 is 15.6 Å². The van der Waals surface area contributed by atoms with Gasteiger partial charge >= 0.3 is 0 Å². The number of hydrogen-bond donors (Lipinski definition) is 3. The molecule has 1 amide bonds. The zero-order valence-electron chi connectivity index (χ0n) is 9.64. The second kappa shape index (κ2) is 4.38. The van der Waals surface area contributed by atoms with Gasteiger partial charge in [0.05, 0.1) is 6.04 Å². The van der Waals surface area contributed by atoms with Gasteiger partial charge in [0.25, 0.3) is 0 Å². The molecule has 0 spiro atoms. The van der Waals surface area contributed by atoms with E-state index in [0.29, 0.717) is 5.82 Å². The minimum Gasteiger partial charge on any atom is -0.333 e. The Kier molecular flexibility index (Phi) is 2.92. The summed E-state index contributed by atoms with van der Waals surface area (Å²) < 4.78 is 1.85. The van der Waals surface area contributed by atoms with Gasteiger partial charge in [-0.2, -0.15) is 5.10 Å². The van der Waals surface area contributed by atoms with Crippen molar-refractivity contribution in [3.05, 3.63) is 18.5 Å². The van der Waals surface area contributed by atoms with E-state index in [1.54, 1.807) is 19.2 Å². The zero-order valence-corrected chi connectivity index (χ0v) is 9.64. The van der Waals surface area contributed by atoms with Crippen LogP contribution in [0.3, 0.4) is 0 Å². The SMILES string of the molecule is CC(N)C(=O)Nc1cc(-c2nccn2C)[nH]n1. The second-order valence-corrected chi connectivity index (χ2v) is 3.81. The van der Waals surface area contributed by atoms with Crippen molar-refractivity contribution in [2.75, 3.05) is 5.32 Å². The Hall–Kier alpha value is -2.15. The van der Waals surface area contributed by atoms with E-state index in [4.69, 9.17) is 5.73 Å². The van der Waals surface area contributed by atoms with Crippen LogP contribution in [0.1, 0.15) is 6.92 Å². The fraction of sp³-hybridized carbons (Fsp3) is 0.300. The van der Waals surface area contributed by atoms with Gasteiger partial charge in [0.15, 0.2) is 11.6 Å². The highest BCUT2D eigenvalue weighted by atomic mass is 16.2. The number of nitrogens with two attached hydrogens (primary N) is 1. The Morgan fingerprint density at radius 1 is 1.65 bits per heavy atom. The predicted molar refractivity (Wildman–Crippen MR) is 63.1 cm³/mol. The van der Waals surface area contributed by atoms with E-state index in [1.165, 1.54) is 0 Å². The lowest BCUT2D eigenvalue weighted by atomic mass is 10.3. The maximum absolute atomic E-state index is 11.4. The van der Waals surface area contributed by atoms with E-state index in [2.05, 4.69) is 20.5 Å². The molecule has 17 heavy (non-hydrogen) atoms. The van der Waals surface area contributed by atoms with Crippen LogP contribution in [-0.2, 0) is 11.8 Å². The average molecular weight is 234 g/mol. The number of aromatic amines is 1. The van der Waals surface area contributed by atoms with Crippen LogP contribution in [0.4, 0.5) is 5.82 Å². The molecule has 0 saturated carbocycles. The molecular formula is C10H14N6O. The highest BCUT2D eigenvalue weighted by Gasteiger charge is 2.11. The molecular weight excluding hydrogens is 220 g/mol. The summed E-state index contributed by atoms with van der Waals surface area (Å²) in [6.45, 7) is 1.61. The summed E-state index contributed by atoms with van der Waals surface area (Å²) in [6.07, 6.45) is 3.52. The lowest BCUT2D eigenvalue weighted by Crippen LogP contribution is -2.32. The zero-order chi connectivity index (χ0) is 12.4. The Bertz CT molecular complexity index is 526. The highest BCUT2D eigenvalue weighted by Crippen LogP contribution is 2.16. The van der Waals surface area contributed by atoms with E-state index >= 15 is 0 Å². The van der Waals surface area contributed by atoms with E-state index < -0.39 is 6.04 Å². The summed E-state index contributed by atoms with van der Waals surface area (Å²) in [4.78, 5) is 15.5. The topological polar surface area (TPSA) is 102 Å². The molecule has 1 unspecified atom stereocenters. The van der Waals surface area contributed by atoms with Gasteiger partial charge in [-0.1, -0.05) is 0 Å². The van der Waals surface area contributed by atoms with Gasteiger partial charge in [-0.05, 0) is 6.92 Å². The Morgan fingerprint density at radius 2 is 2.41 bits per heavy atom. The Morgan fingerprint density at radius 3 is 3.00 bits per heavy atom. The van der Waals surface area contributed by atoms with Crippen LogP contribution < -0.4 is 11.1 Å².